The number of hydrogen-bond acceptors (Lipinski definition) is 2. The zero-order chi connectivity index (χ0) is 8.81. The molecule has 0 radical (unpaired) electrons. The maximum atomic E-state index is 5.17. The van der Waals surface area contributed by atoms with Crippen molar-refractivity contribution in [1.82, 2.24) is 0 Å². The highest BCUT2D eigenvalue weighted by molar-refractivity contribution is 5.42. The minimum Gasteiger partial charge on any atom is -0.261 e. The second-order valence-electron chi connectivity index (χ2n) is 2.31. The van der Waals surface area contributed by atoms with Crippen molar-refractivity contribution in [3.8, 4) is 12.3 Å². The molecule has 0 fully saturated rings. The summed E-state index contributed by atoms with van der Waals surface area (Å²) < 4.78 is 0. The number of anilines is 1. The van der Waals surface area contributed by atoms with E-state index in [0.717, 1.165) is 5.69 Å². The van der Waals surface area contributed by atoms with E-state index >= 15 is 0 Å². The fourth-order valence-corrected chi connectivity index (χ4v) is 0.847. The van der Waals surface area contributed by atoms with Crippen LogP contribution in [-0.4, -0.2) is 13.7 Å². The summed E-state index contributed by atoms with van der Waals surface area (Å²) in [6, 6.07) is 9.77. The Labute approximate surface area is 72.7 Å². The molecule has 0 aliphatic rings. The lowest BCUT2D eigenvalue weighted by Crippen LogP contribution is -2.17. The summed E-state index contributed by atoms with van der Waals surface area (Å²) in [5.41, 5.74) is 0.993. The predicted molar refractivity (Wildman–Crippen MR) is 49.6 cm³/mol. The third-order valence-electron chi connectivity index (χ3n) is 1.46. The minimum atomic E-state index is 0.297. The number of hydroxylamine groups is 1. The molecule has 0 spiro atoms. The Morgan fingerprint density at radius 2 is 2.08 bits per heavy atom. The molecule has 0 amide bonds. The quantitative estimate of drug-likeness (QED) is 0.494. The van der Waals surface area contributed by atoms with Crippen LogP contribution in [-0.2, 0) is 4.84 Å². The Balaban J connectivity index is 2.55. The molecule has 0 aliphatic heterocycles. The Kier molecular flexibility index (Phi) is 3.18. The molecule has 0 atom stereocenters. The number of terminal acetylenes is 1. The van der Waals surface area contributed by atoms with E-state index < -0.39 is 0 Å². The van der Waals surface area contributed by atoms with Crippen LogP contribution in [0.3, 0.4) is 0 Å². The van der Waals surface area contributed by atoms with Gasteiger partial charge in [-0.25, -0.2) is 0 Å². The van der Waals surface area contributed by atoms with E-state index in [1.807, 2.05) is 37.4 Å². The average Bonchev–Trinajstić information content (AvgIpc) is 2.15. The van der Waals surface area contributed by atoms with Gasteiger partial charge < -0.3 is 0 Å². The average molecular weight is 161 g/mol. The lowest BCUT2D eigenvalue weighted by atomic mass is 10.3. The molecule has 62 valence electrons. The molecule has 0 saturated heterocycles. The second kappa shape index (κ2) is 4.42. The molecule has 2 heteroatoms. The summed E-state index contributed by atoms with van der Waals surface area (Å²) >= 11 is 0. The number of rotatable bonds is 3. The van der Waals surface area contributed by atoms with Gasteiger partial charge in [0.2, 0.25) is 0 Å². The number of nitrogens with zero attached hydrogens (tertiary/aromatic N) is 1. The normalized spacial score (nSPS) is 9.00. The van der Waals surface area contributed by atoms with Gasteiger partial charge in [-0.2, -0.15) is 0 Å². The van der Waals surface area contributed by atoms with Crippen molar-refractivity contribution in [2.75, 3.05) is 18.7 Å². The van der Waals surface area contributed by atoms with E-state index in [0.29, 0.717) is 6.61 Å². The van der Waals surface area contributed by atoms with Crippen LogP contribution < -0.4 is 5.06 Å². The maximum absolute atomic E-state index is 5.17. The molecule has 0 aliphatic carbocycles. The fourth-order valence-electron chi connectivity index (χ4n) is 0.847. The number of benzene rings is 1. The van der Waals surface area contributed by atoms with Gasteiger partial charge in [-0.1, -0.05) is 24.1 Å². The van der Waals surface area contributed by atoms with Gasteiger partial charge in [-0.15, -0.1) is 6.42 Å². The molecule has 0 unspecified atom stereocenters. The molecule has 1 aromatic carbocycles. The van der Waals surface area contributed by atoms with Crippen molar-refractivity contribution in [2.45, 2.75) is 0 Å². The van der Waals surface area contributed by atoms with Crippen molar-refractivity contribution >= 4 is 5.69 Å². The summed E-state index contributed by atoms with van der Waals surface area (Å²) in [4.78, 5) is 5.17. The van der Waals surface area contributed by atoms with E-state index in [-0.39, 0.29) is 0 Å². The first-order valence-electron chi connectivity index (χ1n) is 3.69. The van der Waals surface area contributed by atoms with E-state index in [4.69, 9.17) is 11.3 Å². The topological polar surface area (TPSA) is 12.5 Å². The summed E-state index contributed by atoms with van der Waals surface area (Å²) in [5.74, 6) is 2.40. The summed E-state index contributed by atoms with van der Waals surface area (Å²) in [7, 11) is 1.83. The van der Waals surface area contributed by atoms with Gasteiger partial charge in [0.1, 0.15) is 6.61 Å². The van der Waals surface area contributed by atoms with Crippen molar-refractivity contribution in [2.24, 2.45) is 0 Å². The highest BCUT2D eigenvalue weighted by Gasteiger charge is 1.96. The van der Waals surface area contributed by atoms with Crippen molar-refractivity contribution in [3.63, 3.8) is 0 Å². The van der Waals surface area contributed by atoms with E-state index in [2.05, 4.69) is 5.92 Å². The van der Waals surface area contributed by atoms with E-state index in [9.17, 15) is 0 Å². The molecule has 0 bridgehead atoms. The van der Waals surface area contributed by atoms with Gasteiger partial charge in [-0.05, 0) is 12.1 Å². The molecular weight excluding hydrogens is 150 g/mol. The van der Waals surface area contributed by atoms with Crippen molar-refractivity contribution in [3.05, 3.63) is 30.3 Å². The van der Waals surface area contributed by atoms with Crippen LogP contribution in [0.2, 0.25) is 0 Å². The standard InChI is InChI=1S/C10H11NO/c1-3-9-12-11(2)10-7-5-4-6-8-10/h1,4-8H,9H2,2H3. The molecule has 1 rings (SSSR count). The summed E-state index contributed by atoms with van der Waals surface area (Å²) in [5, 5.41) is 1.65. The van der Waals surface area contributed by atoms with Crippen LogP contribution in [0.25, 0.3) is 0 Å². The third kappa shape index (κ3) is 2.30. The highest BCUT2D eigenvalue weighted by Crippen LogP contribution is 2.10. The van der Waals surface area contributed by atoms with Crippen LogP contribution in [0.15, 0.2) is 30.3 Å². The maximum Gasteiger partial charge on any atom is 0.135 e. The molecule has 1 aromatic rings. The first-order valence-corrected chi connectivity index (χ1v) is 3.69. The lowest BCUT2D eigenvalue weighted by molar-refractivity contribution is 0.154. The molecule has 0 aromatic heterocycles. The van der Waals surface area contributed by atoms with Crippen LogP contribution in [0.5, 0.6) is 0 Å². The molecule has 12 heavy (non-hydrogen) atoms. The second-order valence-corrected chi connectivity index (χ2v) is 2.31. The molecular formula is C10H11NO. The van der Waals surface area contributed by atoms with Crippen molar-refractivity contribution in [1.29, 1.82) is 0 Å². The molecule has 0 heterocycles. The third-order valence-corrected chi connectivity index (χ3v) is 1.46. The Morgan fingerprint density at radius 3 is 2.67 bits per heavy atom. The van der Waals surface area contributed by atoms with E-state index in [1.54, 1.807) is 5.06 Å². The van der Waals surface area contributed by atoms with Crippen LogP contribution >= 0.6 is 0 Å². The van der Waals surface area contributed by atoms with Crippen LogP contribution in [0.4, 0.5) is 5.69 Å². The summed E-state index contributed by atoms with van der Waals surface area (Å²) in [6.07, 6.45) is 5.05. The Hall–Kier alpha value is -1.46. The summed E-state index contributed by atoms with van der Waals surface area (Å²) in [6.45, 7) is 0.297. The zero-order valence-electron chi connectivity index (χ0n) is 7.03. The van der Waals surface area contributed by atoms with Gasteiger partial charge >= 0.3 is 0 Å². The SMILES string of the molecule is C#CCON(C)c1ccccc1. The number of hydrogen-bond donors (Lipinski definition) is 0. The van der Waals surface area contributed by atoms with Gasteiger partial charge in [0.25, 0.3) is 0 Å². The predicted octanol–water partition coefficient (Wildman–Crippen LogP) is 1.69. The molecule has 0 saturated carbocycles. The van der Waals surface area contributed by atoms with Crippen molar-refractivity contribution < 1.29 is 4.84 Å². The van der Waals surface area contributed by atoms with Crippen LogP contribution in [0, 0.1) is 12.3 Å². The monoisotopic (exact) mass is 161 g/mol. The smallest absolute Gasteiger partial charge is 0.135 e. The van der Waals surface area contributed by atoms with Gasteiger partial charge in [0.05, 0.1) is 5.69 Å². The first-order chi connectivity index (χ1) is 5.84. The molecule has 2 nitrogen and oxygen atoms in total. The number of para-hydroxylation sites is 1. The zero-order valence-corrected chi connectivity index (χ0v) is 7.03. The van der Waals surface area contributed by atoms with E-state index in [1.165, 1.54) is 0 Å². The van der Waals surface area contributed by atoms with Gasteiger partial charge in [0.15, 0.2) is 0 Å². The molecule has 0 N–H and O–H groups in total. The minimum absolute atomic E-state index is 0.297. The Bertz CT molecular complexity index is 263. The van der Waals surface area contributed by atoms with Gasteiger partial charge in [-0.3, -0.25) is 9.90 Å². The first kappa shape index (κ1) is 8.63. The lowest BCUT2D eigenvalue weighted by Gasteiger charge is -2.16. The van der Waals surface area contributed by atoms with Crippen LogP contribution in [0.1, 0.15) is 0 Å². The fraction of sp³-hybridized carbons (Fsp3) is 0.200. The highest BCUT2D eigenvalue weighted by atomic mass is 16.7. The van der Waals surface area contributed by atoms with Gasteiger partial charge in [0, 0.05) is 7.05 Å². The largest absolute Gasteiger partial charge is 0.261 e. The Morgan fingerprint density at radius 1 is 1.42 bits per heavy atom.